The summed E-state index contributed by atoms with van der Waals surface area (Å²) in [5.74, 6) is 0.925. The summed E-state index contributed by atoms with van der Waals surface area (Å²) in [6, 6.07) is 4.76. The van der Waals surface area contributed by atoms with Crippen molar-refractivity contribution in [3.05, 3.63) is 18.2 Å². The van der Waals surface area contributed by atoms with E-state index in [1.165, 1.54) is 4.31 Å². The molecule has 0 atom stereocenters. The van der Waals surface area contributed by atoms with Gasteiger partial charge in [0.1, 0.15) is 0 Å². The van der Waals surface area contributed by atoms with E-state index in [2.05, 4.69) is 24.1 Å². The molecule has 1 saturated heterocycles. The molecule has 1 aromatic carbocycles. The molecular formula is C21H33N3O5S. The third-order valence-electron chi connectivity index (χ3n) is 5.80. The zero-order valence-corrected chi connectivity index (χ0v) is 18.7. The zero-order valence-electron chi connectivity index (χ0n) is 17.9. The first-order chi connectivity index (χ1) is 14.5. The Morgan fingerprint density at radius 3 is 2.47 bits per heavy atom. The van der Waals surface area contributed by atoms with Crippen LogP contribution in [0.3, 0.4) is 0 Å². The van der Waals surface area contributed by atoms with Crippen LogP contribution in [0.2, 0.25) is 0 Å². The molecule has 2 aliphatic heterocycles. The first-order valence-electron chi connectivity index (χ1n) is 10.9. The second-order valence-electron chi connectivity index (χ2n) is 7.66. The van der Waals surface area contributed by atoms with Gasteiger partial charge in [-0.05, 0) is 38.1 Å². The number of fused-ring (bicyclic) bond motifs is 1. The van der Waals surface area contributed by atoms with Crippen LogP contribution in [0.15, 0.2) is 23.1 Å². The number of nitrogens with zero attached hydrogens (tertiary/aromatic N) is 2. The number of hydrogen-bond donors (Lipinski definition) is 1. The Morgan fingerprint density at radius 1 is 1.13 bits per heavy atom. The molecule has 9 heteroatoms. The Morgan fingerprint density at radius 2 is 1.80 bits per heavy atom. The number of hydrogen-bond acceptors (Lipinski definition) is 6. The summed E-state index contributed by atoms with van der Waals surface area (Å²) < 4.78 is 38.8. The molecule has 0 aromatic heterocycles. The van der Waals surface area contributed by atoms with E-state index in [-0.39, 0.29) is 16.7 Å². The highest BCUT2D eigenvalue weighted by Crippen LogP contribution is 2.33. The number of carbonyl (C=O) groups is 1. The van der Waals surface area contributed by atoms with Crippen LogP contribution in [0.25, 0.3) is 0 Å². The van der Waals surface area contributed by atoms with Gasteiger partial charge in [-0.2, -0.15) is 4.31 Å². The summed E-state index contributed by atoms with van der Waals surface area (Å²) in [6.45, 7) is 9.32. The summed E-state index contributed by atoms with van der Waals surface area (Å²) in [4.78, 5) is 14.9. The molecule has 0 radical (unpaired) electrons. The first-order valence-corrected chi connectivity index (χ1v) is 12.3. The van der Waals surface area contributed by atoms with E-state index < -0.39 is 10.0 Å². The van der Waals surface area contributed by atoms with Gasteiger partial charge < -0.3 is 19.7 Å². The molecular weight excluding hydrogens is 406 g/mol. The van der Waals surface area contributed by atoms with Crippen molar-refractivity contribution in [1.29, 1.82) is 0 Å². The van der Waals surface area contributed by atoms with Gasteiger partial charge in [0.05, 0.1) is 18.1 Å². The van der Waals surface area contributed by atoms with Crippen LogP contribution < -0.4 is 14.8 Å². The summed E-state index contributed by atoms with van der Waals surface area (Å²) in [5.41, 5.74) is 0. The third-order valence-corrected chi connectivity index (χ3v) is 7.70. The van der Waals surface area contributed by atoms with Gasteiger partial charge in [-0.1, -0.05) is 13.8 Å². The fourth-order valence-electron chi connectivity index (χ4n) is 3.83. The molecule has 30 heavy (non-hydrogen) atoms. The molecule has 0 bridgehead atoms. The maximum Gasteiger partial charge on any atom is 0.243 e. The van der Waals surface area contributed by atoms with Crippen LogP contribution in [0.5, 0.6) is 11.5 Å². The van der Waals surface area contributed by atoms with Crippen molar-refractivity contribution in [3.8, 4) is 11.5 Å². The predicted molar refractivity (Wildman–Crippen MR) is 114 cm³/mol. The summed E-state index contributed by atoms with van der Waals surface area (Å²) >= 11 is 0. The predicted octanol–water partition coefficient (Wildman–Crippen LogP) is 1.71. The van der Waals surface area contributed by atoms with Crippen LogP contribution in [-0.2, 0) is 14.8 Å². The van der Waals surface area contributed by atoms with Crippen LogP contribution >= 0.6 is 0 Å². The van der Waals surface area contributed by atoms with Crippen molar-refractivity contribution in [1.82, 2.24) is 14.5 Å². The molecule has 1 N–H and O–H groups in total. The van der Waals surface area contributed by atoms with E-state index in [0.29, 0.717) is 57.2 Å². The monoisotopic (exact) mass is 439 g/mol. The largest absolute Gasteiger partial charge is 0.490 e. The molecule has 1 amide bonds. The normalized spacial score (nSPS) is 18.2. The first kappa shape index (κ1) is 22.8. The smallest absolute Gasteiger partial charge is 0.243 e. The van der Waals surface area contributed by atoms with Gasteiger partial charge in [0.2, 0.25) is 15.9 Å². The second kappa shape index (κ2) is 10.5. The Balaban J connectivity index is 1.55. The molecule has 1 aromatic rings. The summed E-state index contributed by atoms with van der Waals surface area (Å²) in [6.07, 6.45) is 1.82. The molecule has 2 aliphatic rings. The number of likely N-dealkylation sites (N-methyl/N-ethyl adjacent to an activating group) is 1. The van der Waals surface area contributed by atoms with Crippen LogP contribution in [0, 0.1) is 5.92 Å². The van der Waals surface area contributed by atoms with Crippen molar-refractivity contribution < 1.29 is 22.7 Å². The highest BCUT2D eigenvalue weighted by atomic mass is 32.2. The standard InChI is InChI=1S/C21H33N3O5S/c1-3-23(4-2)13-10-22-21(25)17-8-11-24(12-9-17)30(26,27)18-6-7-19-20(16-18)29-15-5-14-28-19/h6-7,16-17H,3-5,8-15H2,1-2H3,(H,22,25). The zero-order chi connectivity index (χ0) is 21.6. The fraction of sp³-hybridized carbons (Fsp3) is 0.667. The van der Waals surface area contributed by atoms with Crippen molar-refractivity contribution in [2.75, 3.05) is 52.5 Å². The molecule has 2 heterocycles. The number of sulfonamides is 1. The quantitative estimate of drug-likeness (QED) is 0.663. The minimum Gasteiger partial charge on any atom is -0.490 e. The minimum atomic E-state index is -3.63. The van der Waals surface area contributed by atoms with Gasteiger partial charge in [-0.3, -0.25) is 4.79 Å². The van der Waals surface area contributed by atoms with Crippen LogP contribution in [-0.4, -0.2) is 76.0 Å². The van der Waals surface area contributed by atoms with E-state index in [4.69, 9.17) is 9.47 Å². The van der Waals surface area contributed by atoms with Crippen LogP contribution in [0.1, 0.15) is 33.1 Å². The van der Waals surface area contributed by atoms with Gasteiger partial charge in [0, 0.05) is 44.6 Å². The SMILES string of the molecule is CCN(CC)CCNC(=O)C1CCN(S(=O)(=O)c2ccc3c(c2)OCCCO3)CC1. The van der Waals surface area contributed by atoms with Gasteiger partial charge in [0.15, 0.2) is 11.5 Å². The molecule has 3 rings (SSSR count). The molecule has 0 aliphatic carbocycles. The van der Waals surface area contributed by atoms with Gasteiger partial charge >= 0.3 is 0 Å². The lowest BCUT2D eigenvalue weighted by Gasteiger charge is -2.30. The third kappa shape index (κ3) is 5.44. The maximum absolute atomic E-state index is 13.1. The highest BCUT2D eigenvalue weighted by molar-refractivity contribution is 7.89. The lowest BCUT2D eigenvalue weighted by Crippen LogP contribution is -2.44. The van der Waals surface area contributed by atoms with E-state index >= 15 is 0 Å². The Kier molecular flexibility index (Phi) is 7.96. The van der Waals surface area contributed by atoms with Crippen LogP contribution in [0.4, 0.5) is 0 Å². The lowest BCUT2D eigenvalue weighted by molar-refractivity contribution is -0.126. The average molecular weight is 440 g/mol. The topological polar surface area (TPSA) is 88.2 Å². The van der Waals surface area contributed by atoms with E-state index in [1.54, 1.807) is 18.2 Å². The number of carbonyl (C=O) groups excluding carboxylic acids is 1. The fourth-order valence-corrected chi connectivity index (χ4v) is 5.32. The Hall–Kier alpha value is -1.84. The van der Waals surface area contributed by atoms with Gasteiger partial charge in [0.25, 0.3) is 0 Å². The van der Waals surface area contributed by atoms with Crippen molar-refractivity contribution in [3.63, 3.8) is 0 Å². The second-order valence-corrected chi connectivity index (χ2v) is 9.59. The Labute approximate surface area is 179 Å². The molecule has 1 fully saturated rings. The lowest BCUT2D eigenvalue weighted by atomic mass is 9.97. The highest BCUT2D eigenvalue weighted by Gasteiger charge is 2.32. The summed E-state index contributed by atoms with van der Waals surface area (Å²) in [5, 5.41) is 3.00. The van der Waals surface area contributed by atoms with Crippen molar-refractivity contribution >= 4 is 15.9 Å². The number of ether oxygens (including phenoxy) is 2. The molecule has 8 nitrogen and oxygen atoms in total. The molecule has 0 spiro atoms. The average Bonchev–Trinajstić information content (AvgIpc) is 3.01. The number of piperidine rings is 1. The summed E-state index contributed by atoms with van der Waals surface area (Å²) in [7, 11) is -3.63. The van der Waals surface area contributed by atoms with Crippen molar-refractivity contribution in [2.45, 2.75) is 38.0 Å². The van der Waals surface area contributed by atoms with E-state index in [9.17, 15) is 13.2 Å². The molecule has 0 unspecified atom stereocenters. The number of benzene rings is 1. The molecule has 168 valence electrons. The number of rotatable bonds is 8. The van der Waals surface area contributed by atoms with Gasteiger partial charge in [-0.15, -0.1) is 0 Å². The minimum absolute atomic E-state index is 0.0229. The van der Waals surface area contributed by atoms with E-state index in [0.717, 1.165) is 26.1 Å². The number of amides is 1. The molecule has 0 saturated carbocycles. The maximum atomic E-state index is 13.1. The van der Waals surface area contributed by atoms with Crippen molar-refractivity contribution in [2.24, 2.45) is 5.92 Å². The Bertz CT molecular complexity index is 818. The van der Waals surface area contributed by atoms with Gasteiger partial charge in [-0.25, -0.2) is 8.42 Å². The number of nitrogens with one attached hydrogen (secondary N) is 1. The van der Waals surface area contributed by atoms with E-state index in [1.807, 2.05) is 0 Å².